The number of ether oxygens (including phenoxy) is 2. The van der Waals surface area contributed by atoms with Gasteiger partial charge in [-0.15, -0.1) is 0 Å². The van der Waals surface area contributed by atoms with Crippen LogP contribution in [0.15, 0.2) is 48.5 Å². The van der Waals surface area contributed by atoms with Crippen molar-refractivity contribution >= 4 is 17.4 Å². The SMILES string of the molecule is COc1cc(OC)cc(N2CC[C@@H](CNC(=O)Nc3ccccc3)C2)c1. The molecule has 6 nitrogen and oxygen atoms in total. The van der Waals surface area contributed by atoms with E-state index in [-0.39, 0.29) is 6.03 Å². The molecule has 6 heteroatoms. The number of anilines is 2. The van der Waals surface area contributed by atoms with Crippen LogP contribution in [0.5, 0.6) is 11.5 Å². The van der Waals surface area contributed by atoms with Crippen molar-refractivity contribution in [1.82, 2.24) is 5.32 Å². The van der Waals surface area contributed by atoms with Crippen molar-refractivity contribution in [2.75, 3.05) is 44.1 Å². The summed E-state index contributed by atoms with van der Waals surface area (Å²) in [5.74, 6) is 1.97. The fraction of sp³-hybridized carbons (Fsp3) is 0.350. The molecule has 0 spiro atoms. The smallest absolute Gasteiger partial charge is 0.319 e. The second-order valence-corrected chi connectivity index (χ2v) is 6.37. The maximum Gasteiger partial charge on any atom is 0.319 e. The quantitative estimate of drug-likeness (QED) is 0.834. The van der Waals surface area contributed by atoms with Crippen LogP contribution in [-0.4, -0.2) is 39.9 Å². The van der Waals surface area contributed by atoms with Gasteiger partial charge in [-0.25, -0.2) is 4.79 Å². The predicted octanol–water partition coefficient (Wildman–Crippen LogP) is 3.35. The van der Waals surface area contributed by atoms with Gasteiger partial charge in [-0.05, 0) is 24.5 Å². The molecule has 2 N–H and O–H groups in total. The fourth-order valence-electron chi connectivity index (χ4n) is 3.14. The minimum atomic E-state index is -0.169. The van der Waals surface area contributed by atoms with Gasteiger partial charge in [0.15, 0.2) is 0 Å². The van der Waals surface area contributed by atoms with Gasteiger partial charge in [-0.1, -0.05) is 18.2 Å². The molecule has 3 rings (SSSR count). The lowest BCUT2D eigenvalue weighted by Gasteiger charge is -2.20. The van der Waals surface area contributed by atoms with Crippen LogP contribution in [0.3, 0.4) is 0 Å². The van der Waals surface area contributed by atoms with Gasteiger partial charge in [-0.2, -0.15) is 0 Å². The van der Waals surface area contributed by atoms with E-state index in [1.807, 2.05) is 48.5 Å². The first-order chi connectivity index (χ1) is 12.7. The standard InChI is InChI=1S/C20H25N3O3/c1-25-18-10-17(11-19(12-18)26-2)23-9-8-15(14-23)13-21-20(24)22-16-6-4-3-5-7-16/h3-7,10-12,15H,8-9,13-14H2,1-2H3,(H2,21,22,24)/t15-/m0/s1. The highest BCUT2D eigenvalue weighted by Crippen LogP contribution is 2.31. The molecule has 0 aromatic heterocycles. The number of rotatable bonds is 6. The van der Waals surface area contributed by atoms with E-state index in [4.69, 9.17) is 9.47 Å². The summed E-state index contributed by atoms with van der Waals surface area (Å²) in [6.07, 6.45) is 1.03. The first kappa shape index (κ1) is 17.9. The van der Waals surface area contributed by atoms with Crippen LogP contribution in [0.25, 0.3) is 0 Å². The number of carbonyl (C=O) groups is 1. The Morgan fingerprint density at radius 2 is 1.81 bits per heavy atom. The number of hydrogen-bond acceptors (Lipinski definition) is 4. The Morgan fingerprint density at radius 1 is 1.12 bits per heavy atom. The molecule has 26 heavy (non-hydrogen) atoms. The van der Waals surface area contributed by atoms with E-state index in [2.05, 4.69) is 15.5 Å². The highest BCUT2D eigenvalue weighted by Gasteiger charge is 2.24. The van der Waals surface area contributed by atoms with Crippen LogP contribution in [0.2, 0.25) is 0 Å². The van der Waals surface area contributed by atoms with Gasteiger partial charge in [0.2, 0.25) is 0 Å². The zero-order valence-corrected chi connectivity index (χ0v) is 15.2. The summed E-state index contributed by atoms with van der Waals surface area (Å²) in [6.45, 7) is 2.49. The lowest BCUT2D eigenvalue weighted by molar-refractivity contribution is 0.250. The highest BCUT2D eigenvalue weighted by molar-refractivity contribution is 5.89. The molecule has 0 radical (unpaired) electrons. The van der Waals surface area contributed by atoms with Crippen LogP contribution in [0.4, 0.5) is 16.2 Å². The van der Waals surface area contributed by atoms with E-state index >= 15 is 0 Å². The summed E-state index contributed by atoms with van der Waals surface area (Å²) in [5.41, 5.74) is 1.87. The molecule has 1 heterocycles. The summed E-state index contributed by atoms with van der Waals surface area (Å²) in [6, 6.07) is 15.2. The van der Waals surface area contributed by atoms with Gasteiger partial charge >= 0.3 is 6.03 Å². The van der Waals surface area contributed by atoms with Crippen molar-refractivity contribution in [2.45, 2.75) is 6.42 Å². The number of amides is 2. The van der Waals surface area contributed by atoms with Gasteiger partial charge in [0.1, 0.15) is 11.5 Å². The van der Waals surface area contributed by atoms with E-state index in [9.17, 15) is 4.79 Å². The number of nitrogens with one attached hydrogen (secondary N) is 2. The highest BCUT2D eigenvalue weighted by atomic mass is 16.5. The Kier molecular flexibility index (Phi) is 5.84. The molecule has 2 amide bonds. The third-order valence-corrected chi connectivity index (χ3v) is 4.57. The number of nitrogens with zero attached hydrogens (tertiary/aromatic N) is 1. The van der Waals surface area contributed by atoms with Gasteiger partial charge in [0, 0.05) is 49.2 Å². The number of benzene rings is 2. The number of carbonyl (C=O) groups excluding carboxylic acids is 1. The van der Waals surface area contributed by atoms with Crippen LogP contribution in [0.1, 0.15) is 6.42 Å². The molecule has 0 unspecified atom stereocenters. The molecule has 1 aliphatic rings. The zero-order chi connectivity index (χ0) is 18.4. The van der Waals surface area contributed by atoms with Crippen LogP contribution in [0, 0.1) is 5.92 Å². The molecule has 2 aromatic rings. The van der Waals surface area contributed by atoms with Crippen LogP contribution in [-0.2, 0) is 0 Å². The Labute approximate surface area is 154 Å². The van der Waals surface area contributed by atoms with Gasteiger partial charge in [0.05, 0.1) is 14.2 Å². The van der Waals surface area contributed by atoms with Gasteiger partial charge < -0.3 is 25.0 Å². The molecule has 138 valence electrons. The minimum Gasteiger partial charge on any atom is -0.497 e. The fourth-order valence-corrected chi connectivity index (χ4v) is 3.14. The summed E-state index contributed by atoms with van der Waals surface area (Å²) in [4.78, 5) is 14.3. The molecule has 1 atom stereocenters. The monoisotopic (exact) mass is 355 g/mol. The van der Waals surface area contributed by atoms with E-state index < -0.39 is 0 Å². The summed E-state index contributed by atoms with van der Waals surface area (Å²) < 4.78 is 10.7. The molecule has 0 bridgehead atoms. The topological polar surface area (TPSA) is 62.8 Å². The molecular weight excluding hydrogens is 330 g/mol. The molecule has 1 fully saturated rings. The van der Waals surface area contributed by atoms with Crippen LogP contribution >= 0.6 is 0 Å². The van der Waals surface area contributed by atoms with Crippen molar-refractivity contribution in [1.29, 1.82) is 0 Å². The second-order valence-electron chi connectivity index (χ2n) is 6.37. The lowest BCUT2D eigenvalue weighted by atomic mass is 10.1. The summed E-state index contributed by atoms with van der Waals surface area (Å²) in [5, 5.41) is 5.81. The van der Waals surface area contributed by atoms with Crippen LogP contribution < -0.4 is 25.0 Å². The Balaban J connectivity index is 1.52. The van der Waals surface area contributed by atoms with E-state index in [1.165, 1.54) is 0 Å². The Hall–Kier alpha value is -2.89. The van der Waals surface area contributed by atoms with Crippen molar-refractivity contribution < 1.29 is 14.3 Å². The zero-order valence-electron chi connectivity index (χ0n) is 15.2. The number of para-hydroxylation sites is 1. The number of hydrogen-bond donors (Lipinski definition) is 2. The Morgan fingerprint density at radius 3 is 2.46 bits per heavy atom. The third kappa shape index (κ3) is 4.59. The average molecular weight is 355 g/mol. The number of urea groups is 1. The first-order valence-electron chi connectivity index (χ1n) is 8.76. The molecule has 0 saturated carbocycles. The van der Waals surface area contributed by atoms with Gasteiger partial charge in [0.25, 0.3) is 0 Å². The molecule has 0 aliphatic carbocycles. The first-order valence-corrected chi connectivity index (χ1v) is 8.76. The van der Waals surface area contributed by atoms with Crippen molar-refractivity contribution in [2.24, 2.45) is 5.92 Å². The molecule has 1 saturated heterocycles. The van der Waals surface area contributed by atoms with E-state index in [0.29, 0.717) is 12.5 Å². The van der Waals surface area contributed by atoms with Gasteiger partial charge in [-0.3, -0.25) is 0 Å². The largest absolute Gasteiger partial charge is 0.497 e. The maximum atomic E-state index is 12.0. The molecule has 1 aliphatic heterocycles. The Bertz CT molecular complexity index is 714. The summed E-state index contributed by atoms with van der Waals surface area (Å²) >= 11 is 0. The van der Waals surface area contributed by atoms with Crippen molar-refractivity contribution in [3.8, 4) is 11.5 Å². The van der Waals surface area contributed by atoms with E-state index in [0.717, 1.165) is 42.4 Å². The lowest BCUT2D eigenvalue weighted by Crippen LogP contribution is -2.34. The summed E-state index contributed by atoms with van der Waals surface area (Å²) in [7, 11) is 3.31. The number of methoxy groups -OCH3 is 2. The third-order valence-electron chi connectivity index (χ3n) is 4.57. The minimum absolute atomic E-state index is 0.169. The average Bonchev–Trinajstić information content (AvgIpc) is 3.16. The van der Waals surface area contributed by atoms with Crippen molar-refractivity contribution in [3.63, 3.8) is 0 Å². The predicted molar refractivity (Wildman–Crippen MR) is 103 cm³/mol. The molecular formula is C20H25N3O3. The second kappa shape index (κ2) is 8.47. The maximum absolute atomic E-state index is 12.0. The van der Waals surface area contributed by atoms with E-state index in [1.54, 1.807) is 14.2 Å². The molecule has 2 aromatic carbocycles. The van der Waals surface area contributed by atoms with Crippen molar-refractivity contribution in [3.05, 3.63) is 48.5 Å². The normalized spacial score (nSPS) is 16.2.